The first-order valence-electron chi connectivity index (χ1n) is 8.59. The molecule has 0 spiro atoms. The van der Waals surface area contributed by atoms with Crippen LogP contribution >= 0.6 is 47.8 Å². The number of halogens is 3. The molecular formula is C18H17Br3N2O6S. The molecule has 8 nitrogen and oxygen atoms in total. The van der Waals surface area contributed by atoms with Crippen molar-refractivity contribution in [3.63, 3.8) is 0 Å². The number of esters is 1. The maximum absolute atomic E-state index is 12.8. The molecule has 1 aromatic rings. The van der Waals surface area contributed by atoms with Crippen LogP contribution in [0.5, 0.6) is 5.75 Å². The molecule has 2 fully saturated rings. The maximum atomic E-state index is 12.8. The molecule has 0 radical (unpaired) electrons. The van der Waals surface area contributed by atoms with Gasteiger partial charge in [-0.25, -0.2) is 4.79 Å². The normalized spacial score (nSPS) is 25.8. The number of nitrogens with zero attached hydrogens (tertiary/aromatic N) is 1. The van der Waals surface area contributed by atoms with Gasteiger partial charge in [0.05, 0.1) is 12.7 Å². The Morgan fingerprint density at radius 3 is 2.67 bits per heavy atom. The summed E-state index contributed by atoms with van der Waals surface area (Å²) in [4.78, 5) is 39.2. The molecule has 2 heterocycles. The number of para-hydroxylation sites is 1. The van der Waals surface area contributed by atoms with Crippen LogP contribution in [0.1, 0.15) is 10.4 Å². The van der Waals surface area contributed by atoms with Crippen molar-refractivity contribution in [2.24, 2.45) is 0 Å². The molecule has 0 saturated carbocycles. The highest BCUT2D eigenvalue weighted by atomic mass is 80.0. The van der Waals surface area contributed by atoms with E-state index in [0.29, 0.717) is 11.3 Å². The number of hydrogen-bond acceptors (Lipinski definition) is 6. The first-order chi connectivity index (χ1) is 14.0. The number of β-lactam (4-membered cyclic amide) rings is 1. The summed E-state index contributed by atoms with van der Waals surface area (Å²) < 4.78 is 22.3. The number of hydrogen-bond donors (Lipinski definition) is 1. The third-order valence-corrected chi connectivity index (χ3v) is 6.96. The Hall–Kier alpha value is -1.08. The van der Waals surface area contributed by atoms with Crippen LogP contribution in [-0.4, -0.2) is 66.3 Å². The predicted octanol–water partition coefficient (Wildman–Crippen LogP) is 2.03. The molecule has 162 valence electrons. The lowest BCUT2D eigenvalue weighted by Crippen LogP contribution is -2.78. The number of carbonyl (C=O) groups excluding carboxylic acids is 3. The number of methoxy groups -OCH3 is 1. The molecule has 30 heavy (non-hydrogen) atoms. The summed E-state index contributed by atoms with van der Waals surface area (Å²) in [6.45, 7) is 3.72. The highest BCUT2D eigenvalue weighted by Gasteiger charge is 2.63. The van der Waals surface area contributed by atoms with E-state index in [2.05, 4.69) is 59.7 Å². The molecule has 2 aliphatic rings. The van der Waals surface area contributed by atoms with Crippen LogP contribution in [0.4, 0.5) is 0 Å². The second-order valence-electron chi connectivity index (χ2n) is 6.60. The van der Waals surface area contributed by atoms with Crippen molar-refractivity contribution in [2.45, 2.75) is 19.6 Å². The Labute approximate surface area is 201 Å². The Kier molecular flexibility index (Phi) is 7.22. The van der Waals surface area contributed by atoms with E-state index in [4.69, 9.17) is 9.47 Å². The number of benzene rings is 1. The van der Waals surface area contributed by atoms with E-state index in [0.717, 1.165) is 0 Å². The predicted molar refractivity (Wildman–Crippen MR) is 121 cm³/mol. The first kappa shape index (κ1) is 23.6. The molecule has 0 aromatic heterocycles. The van der Waals surface area contributed by atoms with Gasteiger partial charge in [0.2, 0.25) is 5.37 Å². The van der Waals surface area contributed by atoms with Crippen LogP contribution in [0, 0.1) is 0 Å². The summed E-state index contributed by atoms with van der Waals surface area (Å²) in [6, 6.07) is 4.48. The van der Waals surface area contributed by atoms with Gasteiger partial charge in [-0.2, -0.15) is 0 Å². The highest BCUT2D eigenvalue weighted by Crippen LogP contribution is 2.38. The van der Waals surface area contributed by atoms with Gasteiger partial charge < -0.3 is 19.3 Å². The largest absolute Gasteiger partial charge is 0.614 e. The van der Waals surface area contributed by atoms with E-state index in [1.54, 1.807) is 24.3 Å². The van der Waals surface area contributed by atoms with Gasteiger partial charge in [-0.05, 0) is 23.3 Å². The summed E-state index contributed by atoms with van der Waals surface area (Å²) in [5.41, 5.74) is 0.568. The Morgan fingerprint density at radius 1 is 1.37 bits per heavy atom. The molecule has 0 bridgehead atoms. The van der Waals surface area contributed by atoms with Gasteiger partial charge in [-0.3, -0.25) is 14.5 Å². The lowest BCUT2D eigenvalue weighted by Gasteiger charge is -2.52. The van der Waals surface area contributed by atoms with E-state index in [9.17, 15) is 18.9 Å². The van der Waals surface area contributed by atoms with Gasteiger partial charge >= 0.3 is 5.97 Å². The number of nitrogens with one attached hydrogen (secondary N) is 1. The second kappa shape index (κ2) is 9.19. The molecule has 2 aliphatic heterocycles. The first-order valence-corrected chi connectivity index (χ1v) is 12.4. The highest BCUT2D eigenvalue weighted by molar-refractivity contribution is 9.39. The van der Waals surface area contributed by atoms with Gasteiger partial charge in [0.15, 0.2) is 14.2 Å². The minimum atomic E-state index is -1.52. The molecule has 2 saturated heterocycles. The zero-order valence-corrected chi connectivity index (χ0v) is 21.2. The van der Waals surface area contributed by atoms with Crippen molar-refractivity contribution in [1.82, 2.24) is 10.2 Å². The van der Waals surface area contributed by atoms with Crippen LogP contribution in [0.15, 0.2) is 36.4 Å². The zero-order chi connectivity index (χ0) is 22.2. The van der Waals surface area contributed by atoms with E-state index in [-0.39, 0.29) is 17.9 Å². The molecule has 3 unspecified atom stereocenters. The number of ether oxygens (including phenoxy) is 2. The minimum Gasteiger partial charge on any atom is -0.614 e. The summed E-state index contributed by atoms with van der Waals surface area (Å²) in [6.07, 6.45) is 0. The zero-order valence-electron chi connectivity index (χ0n) is 15.6. The standard InChI is InChI=1S/C18H17Br3N2O6S/c1-9-7-30(27)16-12(22-14(24)10-5-3-4-6-11(10)28-2)15(25)23(16)13(9)17(26)29-8-18(19,20)21/h3-6,12-13,16H,1,7-8H2,2H3,(H,22,24)/t12?,13?,16-,30?/m0/s1. The van der Waals surface area contributed by atoms with Gasteiger partial charge in [-0.15, -0.1) is 0 Å². The average molecular weight is 629 g/mol. The molecule has 12 heteroatoms. The van der Waals surface area contributed by atoms with Crippen LogP contribution < -0.4 is 10.1 Å². The van der Waals surface area contributed by atoms with Crippen LogP contribution in [0.25, 0.3) is 0 Å². The molecule has 4 atom stereocenters. The molecule has 0 aliphatic carbocycles. The van der Waals surface area contributed by atoms with Crippen molar-refractivity contribution in [2.75, 3.05) is 19.5 Å². The summed E-state index contributed by atoms with van der Waals surface area (Å²) in [5.74, 6) is -1.37. The van der Waals surface area contributed by atoms with Crippen molar-refractivity contribution < 1.29 is 28.4 Å². The minimum absolute atomic E-state index is 0.0251. The van der Waals surface area contributed by atoms with Gasteiger partial charge in [0.1, 0.15) is 18.1 Å². The van der Waals surface area contributed by atoms with Crippen molar-refractivity contribution in [1.29, 1.82) is 0 Å². The lowest BCUT2D eigenvalue weighted by atomic mass is 9.98. The molecule has 2 amide bonds. The number of carbonyl (C=O) groups is 3. The fraction of sp³-hybridized carbons (Fsp3) is 0.389. The number of rotatable bonds is 5. The number of fused-ring (bicyclic) bond motifs is 1. The van der Waals surface area contributed by atoms with Crippen molar-refractivity contribution in [3.8, 4) is 5.75 Å². The van der Waals surface area contributed by atoms with Crippen LogP contribution in [-0.2, 0) is 25.5 Å². The summed E-state index contributed by atoms with van der Waals surface area (Å²) >= 11 is 8.15. The smallest absolute Gasteiger partial charge is 0.333 e. The number of alkyl halides is 3. The Bertz CT molecular complexity index is 893. The Balaban J connectivity index is 1.76. The second-order valence-corrected chi connectivity index (χ2v) is 15.4. The van der Waals surface area contributed by atoms with E-state index >= 15 is 0 Å². The topological polar surface area (TPSA) is 108 Å². The van der Waals surface area contributed by atoms with Crippen LogP contribution in [0.3, 0.4) is 0 Å². The SMILES string of the molecule is C=C1C[S+]([O-])[C@H]2C(NC(=O)c3ccccc3OC)C(=O)N2C1C(=O)OCC(Br)(Br)Br. The third kappa shape index (κ3) is 4.72. The fourth-order valence-electron chi connectivity index (χ4n) is 3.28. The van der Waals surface area contributed by atoms with Gasteiger partial charge in [-0.1, -0.05) is 66.5 Å². The fourth-order valence-corrected chi connectivity index (χ4v) is 5.28. The quantitative estimate of drug-likeness (QED) is 0.176. The summed E-state index contributed by atoms with van der Waals surface area (Å²) in [5, 5.41) is 1.76. The molecular weight excluding hydrogens is 612 g/mol. The van der Waals surface area contributed by atoms with E-state index < -0.39 is 48.6 Å². The average Bonchev–Trinajstić information content (AvgIpc) is 2.69. The molecule has 3 rings (SSSR count). The lowest BCUT2D eigenvalue weighted by molar-refractivity contribution is -0.162. The van der Waals surface area contributed by atoms with Crippen molar-refractivity contribution in [3.05, 3.63) is 42.0 Å². The molecule has 1 aromatic carbocycles. The van der Waals surface area contributed by atoms with E-state index in [1.165, 1.54) is 12.0 Å². The van der Waals surface area contributed by atoms with Crippen molar-refractivity contribution >= 4 is 76.7 Å². The number of amides is 2. The maximum Gasteiger partial charge on any atom is 0.333 e. The van der Waals surface area contributed by atoms with Gasteiger partial charge in [0, 0.05) is 5.57 Å². The van der Waals surface area contributed by atoms with E-state index in [1.807, 2.05) is 0 Å². The monoisotopic (exact) mass is 626 g/mol. The summed E-state index contributed by atoms with van der Waals surface area (Å²) in [7, 11) is 1.43. The molecule has 1 N–H and O–H groups in total. The third-order valence-electron chi connectivity index (χ3n) is 4.58. The van der Waals surface area contributed by atoms with Crippen LogP contribution in [0.2, 0.25) is 0 Å². The Morgan fingerprint density at radius 2 is 2.03 bits per heavy atom. The van der Waals surface area contributed by atoms with Gasteiger partial charge in [0.25, 0.3) is 11.8 Å².